The number of carbonyl (C=O) groups is 2. The van der Waals surface area contributed by atoms with Crippen molar-refractivity contribution in [3.63, 3.8) is 0 Å². The number of hydrogen-bond acceptors (Lipinski definition) is 6. The second kappa shape index (κ2) is 9.93. The fraction of sp³-hybridized carbons (Fsp3) is 0.200. The number of carbonyl (C=O) groups excluding carboxylic acids is 2. The summed E-state index contributed by atoms with van der Waals surface area (Å²) >= 11 is 5.88. The summed E-state index contributed by atoms with van der Waals surface area (Å²) in [7, 11) is 0. The minimum atomic E-state index is -0.601. The fourth-order valence-corrected chi connectivity index (χ4v) is 3.63. The Bertz CT molecular complexity index is 1370. The summed E-state index contributed by atoms with van der Waals surface area (Å²) in [5.74, 6) is 0.0278. The number of nitrogens with one attached hydrogen (secondary N) is 1. The number of rotatable bonds is 7. The highest BCUT2D eigenvalue weighted by atomic mass is 35.5. The molecule has 0 aliphatic carbocycles. The van der Waals surface area contributed by atoms with Crippen molar-refractivity contribution in [3.8, 4) is 11.6 Å². The molecule has 34 heavy (non-hydrogen) atoms. The highest BCUT2D eigenvalue weighted by molar-refractivity contribution is 6.30. The third kappa shape index (κ3) is 4.87. The topological polar surface area (TPSA) is 95.3 Å². The standard InChI is InChI=1S/C25H23ClN4O4/c1-4-33-25(32)20-13-27-30(21-12-16(3)19-7-5-6-15(2)23(19)28-21)24(20)29-22(31)14-34-18-10-8-17(26)9-11-18/h5-13H,4,14H2,1-3H3,(H,29,31). The molecule has 0 spiro atoms. The number of anilines is 1. The molecule has 0 atom stereocenters. The summed E-state index contributed by atoms with van der Waals surface area (Å²) in [6, 6.07) is 14.5. The molecule has 4 aromatic rings. The Labute approximate surface area is 201 Å². The zero-order valence-electron chi connectivity index (χ0n) is 19.0. The molecular weight excluding hydrogens is 456 g/mol. The van der Waals surface area contributed by atoms with E-state index in [1.807, 2.05) is 38.1 Å². The summed E-state index contributed by atoms with van der Waals surface area (Å²) in [4.78, 5) is 30.0. The Morgan fingerprint density at radius 3 is 2.59 bits per heavy atom. The number of fused-ring (bicyclic) bond motifs is 1. The number of pyridine rings is 1. The highest BCUT2D eigenvalue weighted by Crippen LogP contribution is 2.26. The quantitative estimate of drug-likeness (QED) is 0.380. The first-order chi connectivity index (χ1) is 16.4. The molecule has 9 heteroatoms. The smallest absolute Gasteiger partial charge is 0.343 e. The minimum Gasteiger partial charge on any atom is -0.484 e. The van der Waals surface area contributed by atoms with Crippen molar-refractivity contribution in [1.29, 1.82) is 0 Å². The number of hydrogen-bond donors (Lipinski definition) is 1. The van der Waals surface area contributed by atoms with E-state index in [9.17, 15) is 9.59 Å². The second-order valence-electron chi connectivity index (χ2n) is 7.60. The number of nitrogens with zero attached hydrogens (tertiary/aromatic N) is 3. The Balaban J connectivity index is 1.68. The third-order valence-corrected chi connectivity index (χ3v) is 5.41. The Morgan fingerprint density at radius 2 is 1.85 bits per heavy atom. The highest BCUT2D eigenvalue weighted by Gasteiger charge is 2.23. The first-order valence-electron chi connectivity index (χ1n) is 10.7. The maximum Gasteiger partial charge on any atom is 0.343 e. The third-order valence-electron chi connectivity index (χ3n) is 5.16. The zero-order valence-corrected chi connectivity index (χ0v) is 19.7. The van der Waals surface area contributed by atoms with Gasteiger partial charge in [-0.25, -0.2) is 9.78 Å². The van der Waals surface area contributed by atoms with Gasteiger partial charge in [-0.1, -0.05) is 29.8 Å². The molecule has 2 aromatic heterocycles. The van der Waals surface area contributed by atoms with E-state index in [0.29, 0.717) is 16.6 Å². The number of aryl methyl sites for hydroxylation is 2. The van der Waals surface area contributed by atoms with E-state index < -0.39 is 11.9 Å². The SMILES string of the molecule is CCOC(=O)c1cnn(-c2cc(C)c3cccc(C)c3n2)c1NC(=O)COc1ccc(Cl)cc1. The molecule has 2 heterocycles. The Morgan fingerprint density at radius 1 is 1.09 bits per heavy atom. The molecule has 1 N–H and O–H groups in total. The molecule has 0 radical (unpaired) electrons. The molecule has 1 amide bonds. The molecule has 0 bridgehead atoms. The maximum absolute atomic E-state index is 12.7. The van der Waals surface area contributed by atoms with E-state index >= 15 is 0 Å². The first kappa shape index (κ1) is 23.3. The van der Waals surface area contributed by atoms with Crippen LogP contribution in [-0.4, -0.2) is 39.9 Å². The molecule has 0 fully saturated rings. The van der Waals surface area contributed by atoms with Gasteiger partial charge in [0.05, 0.1) is 18.3 Å². The normalized spacial score (nSPS) is 10.8. The summed E-state index contributed by atoms with van der Waals surface area (Å²) in [5, 5.41) is 8.64. The monoisotopic (exact) mass is 478 g/mol. The molecule has 0 aliphatic rings. The molecular formula is C25H23ClN4O4. The fourth-order valence-electron chi connectivity index (χ4n) is 3.50. The van der Waals surface area contributed by atoms with Crippen LogP contribution in [0.4, 0.5) is 5.82 Å². The summed E-state index contributed by atoms with van der Waals surface area (Å²) in [6.07, 6.45) is 1.35. The van der Waals surface area contributed by atoms with Gasteiger partial charge in [-0.2, -0.15) is 9.78 Å². The van der Waals surface area contributed by atoms with Crippen LogP contribution in [0.2, 0.25) is 5.02 Å². The van der Waals surface area contributed by atoms with Gasteiger partial charge in [-0.05, 0) is 62.2 Å². The van der Waals surface area contributed by atoms with E-state index in [4.69, 9.17) is 26.1 Å². The first-order valence-corrected chi connectivity index (χ1v) is 11.1. The van der Waals surface area contributed by atoms with E-state index in [2.05, 4.69) is 10.4 Å². The van der Waals surface area contributed by atoms with Gasteiger partial charge >= 0.3 is 5.97 Å². The molecule has 4 rings (SSSR count). The lowest BCUT2D eigenvalue weighted by Gasteiger charge is -2.13. The number of amides is 1. The van der Waals surface area contributed by atoms with Crippen molar-refractivity contribution in [2.24, 2.45) is 0 Å². The second-order valence-corrected chi connectivity index (χ2v) is 8.03. The number of esters is 1. The molecule has 0 unspecified atom stereocenters. The van der Waals surface area contributed by atoms with Crippen LogP contribution in [0.3, 0.4) is 0 Å². The van der Waals surface area contributed by atoms with Gasteiger partial charge < -0.3 is 14.8 Å². The molecule has 0 saturated heterocycles. The molecule has 2 aromatic carbocycles. The molecule has 8 nitrogen and oxygen atoms in total. The number of halogens is 1. The van der Waals surface area contributed by atoms with E-state index in [0.717, 1.165) is 22.0 Å². The van der Waals surface area contributed by atoms with Crippen LogP contribution in [-0.2, 0) is 9.53 Å². The predicted molar refractivity (Wildman–Crippen MR) is 130 cm³/mol. The number of benzene rings is 2. The van der Waals surface area contributed by atoms with Crippen LogP contribution >= 0.6 is 11.6 Å². The summed E-state index contributed by atoms with van der Waals surface area (Å²) < 4.78 is 12.1. The van der Waals surface area contributed by atoms with Crippen LogP contribution in [0.5, 0.6) is 5.75 Å². The Kier molecular flexibility index (Phi) is 6.79. The van der Waals surface area contributed by atoms with Crippen LogP contribution in [0.15, 0.2) is 54.7 Å². The van der Waals surface area contributed by atoms with Crippen molar-refractivity contribution < 1.29 is 19.1 Å². The van der Waals surface area contributed by atoms with Gasteiger partial charge in [0.15, 0.2) is 18.2 Å². The lowest BCUT2D eigenvalue weighted by Crippen LogP contribution is -2.23. The van der Waals surface area contributed by atoms with Gasteiger partial charge in [-0.3, -0.25) is 4.79 Å². The van der Waals surface area contributed by atoms with Crippen molar-refractivity contribution >= 4 is 40.2 Å². The lowest BCUT2D eigenvalue weighted by atomic mass is 10.1. The van der Waals surface area contributed by atoms with Crippen LogP contribution < -0.4 is 10.1 Å². The minimum absolute atomic E-state index is 0.117. The van der Waals surface area contributed by atoms with Gasteiger partial charge in [0, 0.05) is 10.4 Å². The van der Waals surface area contributed by atoms with Crippen LogP contribution in [0, 0.1) is 13.8 Å². The number of aromatic nitrogens is 3. The largest absolute Gasteiger partial charge is 0.484 e. The molecule has 0 saturated carbocycles. The summed E-state index contributed by atoms with van der Waals surface area (Å²) in [5.41, 5.74) is 2.92. The van der Waals surface area contributed by atoms with Crippen LogP contribution in [0.1, 0.15) is 28.4 Å². The molecule has 174 valence electrons. The van der Waals surface area contributed by atoms with Crippen molar-refractivity contribution in [3.05, 3.63) is 76.4 Å². The number of para-hydroxylation sites is 1. The lowest BCUT2D eigenvalue weighted by molar-refractivity contribution is -0.118. The maximum atomic E-state index is 12.7. The van der Waals surface area contributed by atoms with Gasteiger partial charge in [0.2, 0.25) is 0 Å². The van der Waals surface area contributed by atoms with Gasteiger partial charge in [0.1, 0.15) is 11.3 Å². The Hall–Kier alpha value is -3.91. The van der Waals surface area contributed by atoms with Gasteiger partial charge in [0.25, 0.3) is 5.91 Å². The van der Waals surface area contributed by atoms with Crippen LogP contribution in [0.25, 0.3) is 16.7 Å². The van der Waals surface area contributed by atoms with E-state index in [-0.39, 0.29) is 24.6 Å². The van der Waals surface area contributed by atoms with Crippen molar-refractivity contribution in [1.82, 2.24) is 14.8 Å². The van der Waals surface area contributed by atoms with Gasteiger partial charge in [-0.15, -0.1) is 0 Å². The van der Waals surface area contributed by atoms with E-state index in [1.54, 1.807) is 31.2 Å². The van der Waals surface area contributed by atoms with Crippen molar-refractivity contribution in [2.75, 3.05) is 18.5 Å². The number of ether oxygens (including phenoxy) is 2. The predicted octanol–water partition coefficient (Wildman–Crippen LogP) is 4.88. The molecule has 0 aliphatic heterocycles. The zero-order chi connectivity index (χ0) is 24.2. The average molecular weight is 479 g/mol. The van der Waals surface area contributed by atoms with Crippen molar-refractivity contribution in [2.45, 2.75) is 20.8 Å². The average Bonchev–Trinajstić information content (AvgIpc) is 3.23. The van der Waals surface area contributed by atoms with E-state index in [1.165, 1.54) is 10.9 Å². The summed E-state index contributed by atoms with van der Waals surface area (Å²) in [6.45, 7) is 5.56.